The number of carbonyl (C=O) groups excluding carboxylic acids is 1. The van der Waals surface area contributed by atoms with E-state index in [2.05, 4.69) is 9.97 Å². The van der Waals surface area contributed by atoms with Gasteiger partial charge in [0, 0.05) is 51.1 Å². The summed E-state index contributed by atoms with van der Waals surface area (Å²) in [4.78, 5) is 30.1. The molecule has 1 saturated heterocycles. The van der Waals surface area contributed by atoms with Crippen molar-refractivity contribution in [3.63, 3.8) is 0 Å². The van der Waals surface area contributed by atoms with E-state index in [1.165, 1.54) is 0 Å². The van der Waals surface area contributed by atoms with Crippen molar-refractivity contribution in [2.45, 2.75) is 18.8 Å². The van der Waals surface area contributed by atoms with Crippen molar-refractivity contribution >= 4 is 17.7 Å². The molecule has 4 rings (SSSR count). The molecule has 1 aliphatic rings. The Morgan fingerprint density at radius 1 is 1.06 bits per heavy atom. The zero-order valence-electron chi connectivity index (χ0n) is 18.7. The van der Waals surface area contributed by atoms with Crippen molar-refractivity contribution in [2.24, 2.45) is 0 Å². The zero-order valence-corrected chi connectivity index (χ0v) is 18.7. The van der Waals surface area contributed by atoms with Crippen LogP contribution in [0, 0.1) is 0 Å². The smallest absolute Gasteiger partial charge is 0.255 e. The summed E-state index contributed by atoms with van der Waals surface area (Å²) in [5.41, 5.74) is 9.30. The number of amides is 1. The quantitative estimate of drug-likeness (QED) is 0.661. The molecule has 0 unspecified atom stereocenters. The fourth-order valence-corrected chi connectivity index (χ4v) is 3.98. The minimum absolute atomic E-state index is 0.0111. The predicted molar refractivity (Wildman–Crippen MR) is 125 cm³/mol. The van der Waals surface area contributed by atoms with Crippen LogP contribution in [0.15, 0.2) is 48.8 Å². The maximum absolute atomic E-state index is 12.8. The van der Waals surface area contributed by atoms with Gasteiger partial charge in [-0.15, -0.1) is 0 Å². The molecule has 0 spiro atoms. The first kappa shape index (κ1) is 21.5. The number of likely N-dealkylation sites (tertiary alicyclic amines) is 1. The van der Waals surface area contributed by atoms with Crippen LogP contribution in [-0.2, 0) is 0 Å². The second kappa shape index (κ2) is 9.21. The van der Waals surface area contributed by atoms with Crippen LogP contribution < -0.4 is 15.4 Å². The summed E-state index contributed by atoms with van der Waals surface area (Å²) < 4.78 is 5.29. The van der Waals surface area contributed by atoms with E-state index < -0.39 is 0 Å². The van der Waals surface area contributed by atoms with Gasteiger partial charge in [0.1, 0.15) is 11.6 Å². The lowest BCUT2D eigenvalue weighted by atomic mass is 9.88. The molecule has 0 aliphatic carbocycles. The maximum atomic E-state index is 12.8. The second-order valence-electron chi connectivity index (χ2n) is 8.13. The number of hydrogen-bond acceptors (Lipinski definition) is 7. The number of hydrogen-bond donors (Lipinski definition) is 1. The van der Waals surface area contributed by atoms with E-state index in [1.54, 1.807) is 25.4 Å². The van der Waals surface area contributed by atoms with Crippen molar-refractivity contribution in [1.82, 2.24) is 19.9 Å². The van der Waals surface area contributed by atoms with Crippen molar-refractivity contribution in [1.29, 1.82) is 0 Å². The molecule has 0 radical (unpaired) electrons. The van der Waals surface area contributed by atoms with Gasteiger partial charge in [0.25, 0.3) is 5.91 Å². The molecule has 1 amide bonds. The molecule has 3 aromatic rings. The highest BCUT2D eigenvalue weighted by atomic mass is 16.5. The number of carbonyl (C=O) groups is 1. The third-order valence-electron chi connectivity index (χ3n) is 5.81. The van der Waals surface area contributed by atoms with E-state index in [-0.39, 0.29) is 11.8 Å². The summed E-state index contributed by atoms with van der Waals surface area (Å²) in [7, 11) is 5.53. The summed E-state index contributed by atoms with van der Waals surface area (Å²) in [5, 5.41) is 0. The molecule has 0 bridgehead atoms. The van der Waals surface area contributed by atoms with Crippen LogP contribution in [0.25, 0.3) is 11.1 Å². The molecule has 2 aromatic heterocycles. The average Bonchev–Trinajstić information content (AvgIpc) is 2.84. The van der Waals surface area contributed by atoms with E-state index in [4.69, 9.17) is 15.5 Å². The Hall–Kier alpha value is -3.68. The standard InChI is InChI=1S/C24H28N6O2/c1-29(2)24-27-15-20(16-4-7-19(32-3)8-5-16)22(28-24)17-10-12-30(13-11-17)23(31)18-6-9-21(25)26-14-18/h4-9,14-15,17H,10-13H2,1-3H3,(H2,25,26). The molecule has 166 valence electrons. The maximum Gasteiger partial charge on any atom is 0.255 e. The fourth-order valence-electron chi connectivity index (χ4n) is 3.98. The SMILES string of the molecule is COc1ccc(-c2cnc(N(C)C)nc2C2CCN(C(=O)c3ccc(N)nc3)CC2)cc1. The third kappa shape index (κ3) is 4.49. The third-order valence-corrected chi connectivity index (χ3v) is 5.81. The van der Waals surface area contributed by atoms with Gasteiger partial charge in [-0.3, -0.25) is 4.79 Å². The highest BCUT2D eigenvalue weighted by Gasteiger charge is 2.28. The lowest BCUT2D eigenvalue weighted by Gasteiger charge is -2.32. The van der Waals surface area contributed by atoms with E-state index >= 15 is 0 Å². The highest BCUT2D eigenvalue weighted by Crippen LogP contribution is 2.35. The first-order valence-electron chi connectivity index (χ1n) is 10.7. The molecule has 8 nitrogen and oxygen atoms in total. The summed E-state index contributed by atoms with van der Waals surface area (Å²) in [6, 6.07) is 11.3. The Morgan fingerprint density at radius 3 is 2.38 bits per heavy atom. The molecular weight excluding hydrogens is 404 g/mol. The van der Waals surface area contributed by atoms with Gasteiger partial charge in [-0.2, -0.15) is 0 Å². The molecular formula is C24H28N6O2. The molecule has 1 fully saturated rings. The number of methoxy groups -OCH3 is 1. The van der Waals surface area contributed by atoms with Crippen LogP contribution in [0.3, 0.4) is 0 Å². The van der Waals surface area contributed by atoms with Gasteiger partial charge in [-0.1, -0.05) is 12.1 Å². The molecule has 1 aromatic carbocycles. The summed E-state index contributed by atoms with van der Waals surface area (Å²) >= 11 is 0. The molecule has 1 aliphatic heterocycles. The van der Waals surface area contributed by atoms with Gasteiger partial charge in [-0.25, -0.2) is 15.0 Å². The van der Waals surface area contributed by atoms with E-state index in [9.17, 15) is 4.79 Å². The molecule has 8 heteroatoms. The number of anilines is 2. The van der Waals surface area contributed by atoms with Crippen molar-refractivity contribution in [3.8, 4) is 16.9 Å². The summed E-state index contributed by atoms with van der Waals surface area (Å²) in [6.45, 7) is 1.33. The van der Waals surface area contributed by atoms with Crippen molar-refractivity contribution in [2.75, 3.05) is 44.9 Å². The van der Waals surface area contributed by atoms with Gasteiger partial charge >= 0.3 is 0 Å². The Kier molecular flexibility index (Phi) is 6.20. The van der Waals surface area contributed by atoms with E-state index in [0.29, 0.717) is 30.4 Å². The summed E-state index contributed by atoms with van der Waals surface area (Å²) in [6.07, 6.45) is 5.11. The number of piperidine rings is 1. The van der Waals surface area contributed by atoms with Crippen LogP contribution >= 0.6 is 0 Å². The summed E-state index contributed by atoms with van der Waals surface area (Å²) in [5.74, 6) is 2.13. The molecule has 0 saturated carbocycles. The Bertz CT molecular complexity index is 1070. The molecule has 3 heterocycles. The molecule has 2 N–H and O–H groups in total. The van der Waals surface area contributed by atoms with Crippen LogP contribution in [-0.4, -0.2) is 60.1 Å². The number of ether oxygens (including phenoxy) is 1. The van der Waals surface area contributed by atoms with Crippen LogP contribution in [0.5, 0.6) is 5.75 Å². The number of nitrogen functional groups attached to an aromatic ring is 1. The fraction of sp³-hybridized carbons (Fsp3) is 0.333. The number of nitrogens with two attached hydrogens (primary N) is 1. The topological polar surface area (TPSA) is 97.5 Å². The normalized spacial score (nSPS) is 14.3. The van der Waals surface area contributed by atoms with Gasteiger partial charge < -0.3 is 20.3 Å². The Morgan fingerprint density at radius 2 is 1.78 bits per heavy atom. The lowest BCUT2D eigenvalue weighted by Crippen LogP contribution is -2.38. The monoisotopic (exact) mass is 432 g/mol. The Balaban J connectivity index is 1.56. The largest absolute Gasteiger partial charge is 0.497 e. The van der Waals surface area contributed by atoms with Gasteiger partial charge in [0.2, 0.25) is 5.95 Å². The lowest BCUT2D eigenvalue weighted by molar-refractivity contribution is 0.0712. The first-order valence-corrected chi connectivity index (χ1v) is 10.7. The predicted octanol–water partition coefficient (Wildman–Crippen LogP) is 3.22. The Labute approximate surface area is 188 Å². The second-order valence-corrected chi connectivity index (χ2v) is 8.13. The zero-order chi connectivity index (χ0) is 22.7. The number of pyridine rings is 1. The number of rotatable bonds is 5. The molecule has 32 heavy (non-hydrogen) atoms. The highest BCUT2D eigenvalue weighted by molar-refractivity contribution is 5.94. The van der Waals surface area contributed by atoms with Gasteiger partial charge in [0.15, 0.2) is 0 Å². The van der Waals surface area contributed by atoms with Crippen LogP contribution in [0.4, 0.5) is 11.8 Å². The number of benzene rings is 1. The van der Waals surface area contributed by atoms with E-state index in [0.717, 1.165) is 35.4 Å². The van der Waals surface area contributed by atoms with Crippen LogP contribution in [0.1, 0.15) is 34.8 Å². The van der Waals surface area contributed by atoms with Crippen LogP contribution in [0.2, 0.25) is 0 Å². The minimum Gasteiger partial charge on any atom is -0.497 e. The average molecular weight is 433 g/mol. The minimum atomic E-state index is -0.0111. The number of nitrogens with zero attached hydrogens (tertiary/aromatic N) is 5. The van der Waals surface area contributed by atoms with Gasteiger partial charge in [0.05, 0.1) is 18.4 Å². The van der Waals surface area contributed by atoms with E-state index in [1.807, 2.05) is 54.4 Å². The molecule has 0 atom stereocenters. The number of aromatic nitrogens is 3. The van der Waals surface area contributed by atoms with Crippen molar-refractivity contribution in [3.05, 3.63) is 60.0 Å². The first-order chi connectivity index (χ1) is 15.5. The van der Waals surface area contributed by atoms with Gasteiger partial charge in [-0.05, 0) is 42.7 Å². The van der Waals surface area contributed by atoms with Crippen molar-refractivity contribution < 1.29 is 9.53 Å².